The zero-order valence-corrected chi connectivity index (χ0v) is 12.1. The Balaban J connectivity index is 2.91. The molecule has 1 N–H and O–H groups in total. The fourth-order valence-electron chi connectivity index (χ4n) is 1.32. The number of halogens is 3. The van der Waals surface area contributed by atoms with E-state index in [1.165, 1.54) is 0 Å². The lowest BCUT2D eigenvalue weighted by Crippen LogP contribution is -2.40. The lowest BCUT2D eigenvalue weighted by atomic mass is 9.94. The van der Waals surface area contributed by atoms with E-state index in [1.54, 1.807) is 45.0 Å². The predicted octanol–water partition coefficient (Wildman–Crippen LogP) is 3.92. The highest BCUT2D eigenvalue weighted by atomic mass is 79.9. The van der Waals surface area contributed by atoms with Crippen LogP contribution in [0, 0.1) is 5.41 Å². The van der Waals surface area contributed by atoms with Gasteiger partial charge in [-0.3, -0.25) is 4.79 Å². The molecule has 100 valence electrons. The largest absolute Gasteiger partial charge is 0.343 e. The van der Waals surface area contributed by atoms with Crippen molar-refractivity contribution in [2.75, 3.05) is 0 Å². The van der Waals surface area contributed by atoms with Crippen LogP contribution in [0.3, 0.4) is 0 Å². The second-order valence-corrected chi connectivity index (χ2v) is 6.00. The summed E-state index contributed by atoms with van der Waals surface area (Å²) in [5.41, 5.74) is -0.298. The van der Waals surface area contributed by atoms with Gasteiger partial charge in [0.05, 0.1) is 0 Å². The SMILES string of the molecule is CC(C)(C)C(=O)N[C@@H](c1ccc(Br)cc1)C(F)F. The predicted molar refractivity (Wildman–Crippen MR) is 70.5 cm³/mol. The second-order valence-electron chi connectivity index (χ2n) is 5.09. The first-order chi connectivity index (χ1) is 8.21. The van der Waals surface area contributed by atoms with Gasteiger partial charge >= 0.3 is 0 Å². The number of rotatable bonds is 3. The van der Waals surface area contributed by atoms with Gasteiger partial charge in [0.15, 0.2) is 0 Å². The van der Waals surface area contributed by atoms with E-state index in [0.29, 0.717) is 5.56 Å². The molecule has 0 spiro atoms. The Kier molecular flexibility index (Phi) is 4.85. The summed E-state index contributed by atoms with van der Waals surface area (Å²) in [6.45, 7) is 5.06. The minimum atomic E-state index is -2.64. The van der Waals surface area contributed by atoms with Crippen LogP contribution in [0.2, 0.25) is 0 Å². The number of nitrogens with one attached hydrogen (secondary N) is 1. The molecule has 1 aromatic carbocycles. The van der Waals surface area contributed by atoms with Crippen molar-refractivity contribution in [2.24, 2.45) is 5.41 Å². The molecule has 0 saturated heterocycles. The third-order valence-corrected chi connectivity index (χ3v) is 2.98. The smallest absolute Gasteiger partial charge is 0.262 e. The van der Waals surface area contributed by atoms with Gasteiger partial charge in [-0.05, 0) is 17.7 Å². The van der Waals surface area contributed by atoms with Crippen LogP contribution in [0.5, 0.6) is 0 Å². The van der Waals surface area contributed by atoms with Gasteiger partial charge in [-0.1, -0.05) is 48.8 Å². The maximum atomic E-state index is 13.0. The van der Waals surface area contributed by atoms with Gasteiger partial charge in [0.25, 0.3) is 6.43 Å². The highest BCUT2D eigenvalue weighted by molar-refractivity contribution is 9.10. The van der Waals surface area contributed by atoms with Crippen molar-refractivity contribution in [3.8, 4) is 0 Å². The molecule has 0 heterocycles. The Morgan fingerprint density at radius 3 is 2.11 bits per heavy atom. The maximum Gasteiger partial charge on any atom is 0.262 e. The van der Waals surface area contributed by atoms with E-state index in [0.717, 1.165) is 4.47 Å². The minimum Gasteiger partial charge on any atom is -0.343 e. The van der Waals surface area contributed by atoms with Crippen LogP contribution in [0.1, 0.15) is 32.4 Å². The first-order valence-electron chi connectivity index (χ1n) is 5.56. The van der Waals surface area contributed by atoms with Gasteiger partial charge < -0.3 is 5.32 Å². The quantitative estimate of drug-likeness (QED) is 0.899. The molecule has 5 heteroatoms. The maximum absolute atomic E-state index is 13.0. The normalized spacial score (nSPS) is 13.5. The summed E-state index contributed by atoms with van der Waals surface area (Å²) in [5.74, 6) is -0.393. The summed E-state index contributed by atoms with van der Waals surface area (Å²) < 4.78 is 26.8. The van der Waals surface area contributed by atoms with E-state index in [2.05, 4.69) is 21.2 Å². The first-order valence-corrected chi connectivity index (χ1v) is 6.35. The summed E-state index contributed by atoms with van der Waals surface area (Å²) in [4.78, 5) is 11.8. The van der Waals surface area contributed by atoms with Crippen molar-refractivity contribution < 1.29 is 13.6 Å². The summed E-state index contributed by atoms with van der Waals surface area (Å²) in [6.07, 6.45) is -2.64. The molecule has 0 radical (unpaired) electrons. The minimum absolute atomic E-state index is 0.393. The molecule has 0 aliphatic carbocycles. The van der Waals surface area contributed by atoms with Crippen molar-refractivity contribution in [1.29, 1.82) is 0 Å². The molecule has 0 unspecified atom stereocenters. The third-order valence-electron chi connectivity index (χ3n) is 2.45. The van der Waals surface area contributed by atoms with Gasteiger partial charge in [0.2, 0.25) is 5.91 Å². The van der Waals surface area contributed by atoms with Crippen LogP contribution in [0.4, 0.5) is 8.78 Å². The number of carbonyl (C=O) groups excluding carboxylic acids is 1. The molecule has 1 amide bonds. The van der Waals surface area contributed by atoms with Crippen LogP contribution < -0.4 is 5.32 Å². The molecule has 2 nitrogen and oxygen atoms in total. The van der Waals surface area contributed by atoms with Gasteiger partial charge in [0.1, 0.15) is 6.04 Å². The number of carbonyl (C=O) groups is 1. The Morgan fingerprint density at radius 1 is 1.22 bits per heavy atom. The summed E-state index contributed by atoms with van der Waals surface area (Å²) in [7, 11) is 0. The molecule has 1 aromatic rings. The van der Waals surface area contributed by atoms with Crippen LogP contribution >= 0.6 is 15.9 Å². The van der Waals surface area contributed by atoms with Crippen molar-refractivity contribution >= 4 is 21.8 Å². The molecule has 0 bridgehead atoms. The molecule has 0 aromatic heterocycles. The van der Waals surface area contributed by atoms with Gasteiger partial charge in [0, 0.05) is 9.89 Å². The highest BCUT2D eigenvalue weighted by Crippen LogP contribution is 2.24. The van der Waals surface area contributed by atoms with Gasteiger partial charge in [-0.25, -0.2) is 8.78 Å². The van der Waals surface area contributed by atoms with Crippen molar-refractivity contribution in [3.05, 3.63) is 34.3 Å². The molecule has 1 rings (SSSR count). The zero-order chi connectivity index (χ0) is 13.9. The second kappa shape index (κ2) is 5.78. The molecule has 1 atom stereocenters. The van der Waals surface area contributed by atoms with E-state index >= 15 is 0 Å². The molecule has 0 saturated carbocycles. The fourth-order valence-corrected chi connectivity index (χ4v) is 1.58. The van der Waals surface area contributed by atoms with E-state index in [4.69, 9.17) is 0 Å². The topological polar surface area (TPSA) is 29.1 Å². The number of hydrogen-bond donors (Lipinski definition) is 1. The van der Waals surface area contributed by atoms with E-state index < -0.39 is 23.8 Å². The molecule has 0 aliphatic heterocycles. The summed E-state index contributed by atoms with van der Waals surface area (Å²) in [6, 6.07) is 5.22. The van der Waals surface area contributed by atoms with Crippen LogP contribution in [0.25, 0.3) is 0 Å². The molecule has 0 fully saturated rings. The Bertz CT molecular complexity index is 412. The first kappa shape index (κ1) is 15.1. The number of hydrogen-bond acceptors (Lipinski definition) is 1. The van der Waals surface area contributed by atoms with Crippen molar-refractivity contribution in [1.82, 2.24) is 5.32 Å². The van der Waals surface area contributed by atoms with Gasteiger partial charge in [-0.2, -0.15) is 0 Å². The van der Waals surface area contributed by atoms with E-state index in [1.807, 2.05) is 0 Å². The molecular formula is C13H16BrF2NO. The van der Waals surface area contributed by atoms with Gasteiger partial charge in [-0.15, -0.1) is 0 Å². The number of alkyl halides is 2. The summed E-state index contributed by atoms with van der Waals surface area (Å²) >= 11 is 3.24. The summed E-state index contributed by atoms with van der Waals surface area (Å²) in [5, 5.41) is 2.39. The fraction of sp³-hybridized carbons (Fsp3) is 0.462. The van der Waals surface area contributed by atoms with Crippen LogP contribution in [0.15, 0.2) is 28.7 Å². The molecule has 0 aliphatic rings. The number of amides is 1. The average Bonchev–Trinajstić information content (AvgIpc) is 2.25. The van der Waals surface area contributed by atoms with Crippen LogP contribution in [-0.4, -0.2) is 12.3 Å². The number of benzene rings is 1. The standard InChI is InChI=1S/C13H16BrF2NO/c1-13(2,3)12(18)17-10(11(15)16)8-4-6-9(14)7-5-8/h4-7,10-11H,1-3H3,(H,17,18)/t10-/m0/s1. The van der Waals surface area contributed by atoms with Crippen molar-refractivity contribution in [3.63, 3.8) is 0 Å². The van der Waals surface area contributed by atoms with E-state index in [9.17, 15) is 13.6 Å². The van der Waals surface area contributed by atoms with Crippen molar-refractivity contribution in [2.45, 2.75) is 33.2 Å². The molecule has 18 heavy (non-hydrogen) atoms. The highest BCUT2D eigenvalue weighted by Gasteiger charge is 2.29. The Hall–Kier alpha value is -0.970. The Labute approximate surface area is 114 Å². The molecular weight excluding hydrogens is 304 g/mol. The van der Waals surface area contributed by atoms with E-state index in [-0.39, 0.29) is 0 Å². The third kappa shape index (κ3) is 4.05. The van der Waals surface area contributed by atoms with Crippen LogP contribution in [-0.2, 0) is 4.79 Å². The lowest BCUT2D eigenvalue weighted by molar-refractivity contribution is -0.130. The lowest BCUT2D eigenvalue weighted by Gasteiger charge is -2.24. The Morgan fingerprint density at radius 2 is 1.72 bits per heavy atom. The average molecular weight is 320 g/mol. The zero-order valence-electron chi connectivity index (χ0n) is 10.5. The monoisotopic (exact) mass is 319 g/mol.